The van der Waals surface area contributed by atoms with E-state index in [-0.39, 0.29) is 54.0 Å². The average Bonchev–Trinajstić information content (AvgIpc) is 3.68. The molecule has 57 heavy (non-hydrogen) atoms. The van der Waals surface area contributed by atoms with Crippen molar-refractivity contribution in [3.8, 4) is 0 Å². The largest absolute Gasteiger partial charge is 0.458 e. The number of esters is 2. The van der Waals surface area contributed by atoms with Crippen molar-refractivity contribution < 1.29 is 67.9 Å². The van der Waals surface area contributed by atoms with Gasteiger partial charge in [-0.05, 0) is 113 Å². The summed E-state index contributed by atoms with van der Waals surface area (Å²) in [6.45, 7) is 11.7. The van der Waals surface area contributed by atoms with Gasteiger partial charge >= 0.3 is 11.9 Å². The van der Waals surface area contributed by atoms with Gasteiger partial charge in [0.2, 0.25) is 0 Å². The highest BCUT2D eigenvalue weighted by Crippen LogP contribution is 2.70. The van der Waals surface area contributed by atoms with Crippen LogP contribution in [0.5, 0.6) is 0 Å². The minimum atomic E-state index is -0.980. The Morgan fingerprint density at radius 2 is 1.30 bits per heavy atom. The second-order valence-corrected chi connectivity index (χ2v) is 19.3. The summed E-state index contributed by atoms with van der Waals surface area (Å²) < 4.78 is 47.7. The van der Waals surface area contributed by atoms with Crippen molar-refractivity contribution in [3.63, 3.8) is 0 Å². The minimum absolute atomic E-state index is 0.0144. The Hall–Kier alpha value is -1.72. The Morgan fingerprint density at radius 3 is 1.84 bits per heavy atom. The molecule has 322 valence electrons. The van der Waals surface area contributed by atoms with Gasteiger partial charge in [0.05, 0.1) is 48.3 Å². The molecule has 0 amide bonds. The van der Waals surface area contributed by atoms with Crippen LogP contribution < -0.4 is 0 Å². The standard InChI is InChI=1S/C43H66O14/c1-21-38(54-24(4)44)31(45)18-36(52-21)56-40-23(3)53-37(19-33(40)47)57-39-22(2)51-35(17-32(39)46)55-27-9-12-41(5)26(16-27)7-8-30-29(41)10-13-42(6)28(11-14-43(30,42)49)25-15-34(48)50-20-25/h15,21-23,26-33,35-40,45-47,49H,7-14,16-20H2,1-6H3/t21-,22-,23-,26-,27-,28-,29+,30-,31+,32+,33+,35+,36+,37+,38-,39-,40-,41+,42-,43+/m1/s1. The lowest BCUT2D eigenvalue weighted by molar-refractivity contribution is -0.336. The lowest BCUT2D eigenvalue weighted by Gasteiger charge is -2.64. The summed E-state index contributed by atoms with van der Waals surface area (Å²) in [4.78, 5) is 23.4. The first-order chi connectivity index (χ1) is 27.0. The van der Waals surface area contributed by atoms with E-state index in [4.69, 9.17) is 37.9 Å². The van der Waals surface area contributed by atoms with E-state index in [1.165, 1.54) is 6.92 Å². The van der Waals surface area contributed by atoms with E-state index < -0.39 is 85.4 Å². The number of ether oxygens (including phenoxy) is 8. The Bertz CT molecular complexity index is 1490. The summed E-state index contributed by atoms with van der Waals surface area (Å²) in [5.41, 5.74) is 0.191. The molecule has 0 aromatic carbocycles. The third kappa shape index (κ3) is 7.65. The molecule has 14 heteroatoms. The fraction of sp³-hybridized carbons (Fsp3) is 0.907. The summed E-state index contributed by atoms with van der Waals surface area (Å²) in [6.07, 6.45) is 1.78. The van der Waals surface area contributed by atoms with E-state index in [1.807, 2.05) is 6.92 Å². The highest BCUT2D eigenvalue weighted by atomic mass is 16.7. The Kier molecular flexibility index (Phi) is 11.8. The monoisotopic (exact) mass is 806 g/mol. The number of aliphatic hydroxyl groups excluding tert-OH is 3. The third-order valence-corrected chi connectivity index (χ3v) is 16.1. The van der Waals surface area contributed by atoms with Gasteiger partial charge in [0.15, 0.2) is 25.0 Å². The summed E-state index contributed by atoms with van der Waals surface area (Å²) >= 11 is 0. The zero-order chi connectivity index (χ0) is 40.6. The van der Waals surface area contributed by atoms with Crippen LogP contribution in [0.1, 0.15) is 119 Å². The van der Waals surface area contributed by atoms with Gasteiger partial charge in [0, 0.05) is 37.7 Å². The first kappa shape index (κ1) is 42.0. The van der Waals surface area contributed by atoms with Crippen molar-refractivity contribution >= 4 is 11.9 Å². The number of carbonyl (C=O) groups is 2. The lowest BCUT2D eigenvalue weighted by Crippen LogP contribution is -2.62. The predicted octanol–water partition coefficient (Wildman–Crippen LogP) is 3.82. The van der Waals surface area contributed by atoms with E-state index in [9.17, 15) is 30.0 Å². The third-order valence-electron chi connectivity index (χ3n) is 16.1. The number of rotatable bonds is 8. The molecule has 0 aromatic heterocycles. The normalized spacial score (nSPS) is 52.6. The van der Waals surface area contributed by atoms with Crippen molar-refractivity contribution in [2.45, 2.75) is 204 Å². The highest BCUT2D eigenvalue weighted by molar-refractivity contribution is 5.85. The van der Waals surface area contributed by atoms with E-state index in [1.54, 1.807) is 19.9 Å². The van der Waals surface area contributed by atoms with Crippen molar-refractivity contribution in [2.75, 3.05) is 6.61 Å². The number of fused-ring (bicyclic) bond motifs is 5. The Labute approximate surface area is 336 Å². The average molecular weight is 807 g/mol. The molecule has 0 bridgehead atoms. The second kappa shape index (κ2) is 16.0. The fourth-order valence-corrected chi connectivity index (χ4v) is 13.1. The van der Waals surface area contributed by atoms with Crippen molar-refractivity contribution in [2.24, 2.45) is 34.5 Å². The molecule has 4 aliphatic heterocycles. The number of carbonyl (C=O) groups excluding carboxylic acids is 2. The summed E-state index contributed by atoms with van der Waals surface area (Å²) in [5.74, 6) is 0.597. The maximum absolute atomic E-state index is 12.6. The van der Waals surface area contributed by atoms with Gasteiger partial charge in [0.1, 0.15) is 18.8 Å². The van der Waals surface area contributed by atoms with Crippen molar-refractivity contribution in [3.05, 3.63) is 11.6 Å². The minimum Gasteiger partial charge on any atom is -0.458 e. The van der Waals surface area contributed by atoms with Crippen LogP contribution in [0.15, 0.2) is 11.6 Å². The maximum Gasteiger partial charge on any atom is 0.331 e. The molecule has 8 aliphatic rings. The van der Waals surface area contributed by atoms with Crippen LogP contribution in [0.4, 0.5) is 0 Å². The van der Waals surface area contributed by atoms with Crippen LogP contribution in [0.3, 0.4) is 0 Å². The van der Waals surface area contributed by atoms with Gasteiger partial charge in [-0.25, -0.2) is 4.79 Å². The number of hydrogen-bond donors (Lipinski definition) is 4. The Morgan fingerprint density at radius 1 is 0.719 bits per heavy atom. The predicted molar refractivity (Wildman–Crippen MR) is 201 cm³/mol. The quantitative estimate of drug-likeness (QED) is 0.205. The van der Waals surface area contributed by atoms with Gasteiger partial charge in [0.25, 0.3) is 0 Å². The summed E-state index contributed by atoms with van der Waals surface area (Å²) in [5, 5.41) is 45.6. The van der Waals surface area contributed by atoms with Gasteiger partial charge in [-0.15, -0.1) is 0 Å². The Balaban J connectivity index is 0.813. The number of cyclic esters (lactones) is 1. The SMILES string of the molecule is CC(=O)O[C@H]1[C@@H](O)C[C@H](O[C@H]2[C@@H](O)C[C@H](O[C@H]3[C@@H](O)C[C@H](O[C@@H]4CC[C@@]5(C)[C@H](CC[C@@H]6[C@@H]5CC[C@]5(C)[C@@H](C7=CC(=O)OC7)CC[C@]65O)C4)O[C@@H]3C)O[C@@H]2C)O[C@@H]1C. The fourth-order valence-electron chi connectivity index (χ4n) is 13.1. The van der Waals surface area contributed by atoms with E-state index in [2.05, 4.69) is 13.8 Å². The molecule has 4 N–H and O–H groups in total. The zero-order valence-corrected chi connectivity index (χ0v) is 34.5. The summed E-state index contributed by atoms with van der Waals surface area (Å²) in [6, 6.07) is 0. The molecule has 0 aromatic rings. The molecule has 20 atom stereocenters. The first-order valence-electron chi connectivity index (χ1n) is 21.7. The topological polar surface area (TPSA) is 189 Å². The van der Waals surface area contributed by atoms with Crippen LogP contribution in [0, 0.1) is 34.5 Å². The van der Waals surface area contributed by atoms with Gasteiger partial charge in [-0.1, -0.05) is 13.8 Å². The van der Waals surface area contributed by atoms with E-state index in [0.29, 0.717) is 18.4 Å². The molecular weight excluding hydrogens is 740 g/mol. The highest BCUT2D eigenvalue weighted by Gasteiger charge is 2.68. The molecule has 4 heterocycles. The molecule has 0 unspecified atom stereocenters. The van der Waals surface area contributed by atoms with Crippen LogP contribution in [0.25, 0.3) is 0 Å². The molecular formula is C43H66O14. The van der Waals surface area contributed by atoms with Gasteiger partial charge in [-0.3, -0.25) is 4.79 Å². The van der Waals surface area contributed by atoms with E-state index >= 15 is 0 Å². The molecule has 4 aliphatic carbocycles. The van der Waals surface area contributed by atoms with Gasteiger partial charge < -0.3 is 58.3 Å². The molecule has 0 spiro atoms. The second-order valence-electron chi connectivity index (χ2n) is 19.3. The van der Waals surface area contributed by atoms with Crippen LogP contribution in [0.2, 0.25) is 0 Å². The van der Waals surface area contributed by atoms with Crippen molar-refractivity contribution in [1.29, 1.82) is 0 Å². The van der Waals surface area contributed by atoms with Crippen LogP contribution >= 0.6 is 0 Å². The number of aliphatic hydroxyl groups is 4. The molecule has 4 saturated carbocycles. The van der Waals surface area contributed by atoms with Crippen molar-refractivity contribution in [1.82, 2.24) is 0 Å². The van der Waals surface area contributed by atoms with Crippen LogP contribution in [-0.2, 0) is 47.5 Å². The van der Waals surface area contributed by atoms with E-state index in [0.717, 1.165) is 63.4 Å². The number of hydrogen-bond acceptors (Lipinski definition) is 14. The lowest BCUT2D eigenvalue weighted by atomic mass is 9.43. The van der Waals surface area contributed by atoms with Crippen LogP contribution in [-0.4, -0.2) is 124 Å². The summed E-state index contributed by atoms with van der Waals surface area (Å²) in [7, 11) is 0. The molecule has 3 saturated heterocycles. The molecule has 14 nitrogen and oxygen atoms in total. The molecule has 8 rings (SSSR count). The first-order valence-corrected chi connectivity index (χ1v) is 21.7. The molecule has 7 fully saturated rings. The zero-order valence-electron chi connectivity index (χ0n) is 34.5. The maximum atomic E-state index is 12.6. The van der Waals surface area contributed by atoms with Gasteiger partial charge in [-0.2, -0.15) is 0 Å². The molecule has 0 radical (unpaired) electrons. The smallest absolute Gasteiger partial charge is 0.331 e.